The van der Waals surface area contributed by atoms with Crippen LogP contribution in [-0.2, 0) is 20.8 Å². The van der Waals surface area contributed by atoms with Crippen LogP contribution in [0.2, 0.25) is 0 Å². The van der Waals surface area contributed by atoms with Gasteiger partial charge in [0.25, 0.3) is 11.8 Å². The summed E-state index contributed by atoms with van der Waals surface area (Å²) < 4.78 is 18.4. The Labute approximate surface area is 221 Å². The Bertz CT molecular complexity index is 1270. The molecule has 196 valence electrons. The fourth-order valence-electron chi connectivity index (χ4n) is 5.31. The number of imide groups is 1. The zero-order chi connectivity index (χ0) is 26.1. The van der Waals surface area contributed by atoms with Crippen LogP contribution in [0.15, 0.2) is 72.8 Å². The van der Waals surface area contributed by atoms with Crippen LogP contribution in [0.1, 0.15) is 56.2 Å². The molecule has 0 radical (unpaired) electrons. The highest BCUT2D eigenvalue weighted by Gasteiger charge is 2.37. The molecular formula is C30H30N2O6. The molecule has 0 bridgehead atoms. The van der Waals surface area contributed by atoms with E-state index in [2.05, 4.69) is 4.90 Å². The van der Waals surface area contributed by atoms with E-state index >= 15 is 0 Å². The minimum atomic E-state index is -0.603. The Morgan fingerprint density at radius 2 is 1.42 bits per heavy atom. The normalized spacial score (nSPS) is 24.0. The lowest BCUT2D eigenvalue weighted by Gasteiger charge is -2.39. The van der Waals surface area contributed by atoms with Gasteiger partial charge in [0.2, 0.25) is 0 Å². The number of aliphatic hydroxyl groups excluding tert-OH is 1. The smallest absolute Gasteiger partial charge is 0.266 e. The summed E-state index contributed by atoms with van der Waals surface area (Å²) in [7, 11) is 0. The third-order valence-electron chi connectivity index (χ3n) is 7.40. The van der Waals surface area contributed by atoms with Crippen LogP contribution in [0.5, 0.6) is 0 Å². The molecule has 8 heteroatoms. The van der Waals surface area contributed by atoms with E-state index in [-0.39, 0.29) is 30.6 Å². The van der Waals surface area contributed by atoms with Gasteiger partial charge >= 0.3 is 0 Å². The Morgan fingerprint density at radius 1 is 0.789 bits per heavy atom. The largest absolute Gasteiger partial charge is 0.392 e. The van der Waals surface area contributed by atoms with Gasteiger partial charge in [-0.15, -0.1) is 0 Å². The number of benzene rings is 3. The first-order valence-corrected chi connectivity index (χ1v) is 13.0. The van der Waals surface area contributed by atoms with Gasteiger partial charge in [0, 0.05) is 31.6 Å². The van der Waals surface area contributed by atoms with Gasteiger partial charge in [-0.25, -0.2) is 4.90 Å². The van der Waals surface area contributed by atoms with E-state index in [0.29, 0.717) is 23.2 Å². The Morgan fingerprint density at radius 3 is 2.05 bits per heavy atom. The van der Waals surface area contributed by atoms with E-state index in [1.165, 1.54) is 4.90 Å². The highest BCUT2D eigenvalue weighted by atomic mass is 16.7. The Balaban J connectivity index is 1.23. The lowest BCUT2D eigenvalue weighted by atomic mass is 9.99. The van der Waals surface area contributed by atoms with E-state index in [1.54, 1.807) is 36.4 Å². The molecule has 0 unspecified atom stereocenters. The Kier molecular flexibility index (Phi) is 7.06. The molecule has 1 N–H and O–H groups in total. The number of morpholine rings is 1. The van der Waals surface area contributed by atoms with Gasteiger partial charge in [-0.3, -0.25) is 14.5 Å². The van der Waals surface area contributed by atoms with Gasteiger partial charge < -0.3 is 19.3 Å². The highest BCUT2D eigenvalue weighted by Crippen LogP contribution is 2.39. The topological polar surface area (TPSA) is 88.5 Å². The number of ether oxygens (including phenoxy) is 3. The molecule has 3 aromatic rings. The number of hydrogen-bond acceptors (Lipinski definition) is 7. The fourth-order valence-corrected chi connectivity index (χ4v) is 5.31. The molecule has 0 aliphatic carbocycles. The molecular weight excluding hydrogens is 484 g/mol. The predicted octanol–water partition coefficient (Wildman–Crippen LogP) is 3.86. The molecule has 3 aliphatic rings. The summed E-state index contributed by atoms with van der Waals surface area (Å²) >= 11 is 0. The molecule has 2 fully saturated rings. The molecule has 3 heterocycles. The van der Waals surface area contributed by atoms with Gasteiger partial charge in [0.05, 0.1) is 48.8 Å². The molecule has 6 rings (SSSR count). The third-order valence-corrected chi connectivity index (χ3v) is 7.40. The lowest BCUT2D eigenvalue weighted by molar-refractivity contribution is -0.253. The van der Waals surface area contributed by atoms with Crippen molar-refractivity contribution in [3.63, 3.8) is 0 Å². The van der Waals surface area contributed by atoms with Crippen molar-refractivity contribution in [1.29, 1.82) is 0 Å². The number of carbonyl (C=O) groups excluding carboxylic acids is 2. The van der Waals surface area contributed by atoms with Crippen LogP contribution in [-0.4, -0.2) is 60.8 Å². The first kappa shape index (κ1) is 24.9. The minimum absolute atomic E-state index is 0.00332. The average Bonchev–Trinajstić information content (AvgIpc) is 3.23. The number of rotatable bonds is 6. The molecule has 0 saturated carbocycles. The van der Waals surface area contributed by atoms with Crippen molar-refractivity contribution in [3.05, 3.63) is 101 Å². The summed E-state index contributed by atoms with van der Waals surface area (Å²) in [6.45, 7) is 3.96. The molecule has 2 saturated heterocycles. The second-order valence-corrected chi connectivity index (χ2v) is 9.85. The standard InChI is InChI=1S/C30H30N2O6/c33-19-20-5-7-21(8-6-20)27-17-24(18-31-13-15-36-16-14-31)37-30(38-27)22-9-11-23(12-10-22)32-28(34)25-3-1-2-4-26(25)29(32)35/h1-12,24,27,30,33H,13-19H2/t24-,27+,30+/m0/s1. The van der Waals surface area contributed by atoms with Gasteiger partial charge in [0.15, 0.2) is 6.29 Å². The maximum absolute atomic E-state index is 12.9. The third kappa shape index (κ3) is 4.89. The first-order valence-electron chi connectivity index (χ1n) is 13.0. The number of nitrogens with zero attached hydrogens (tertiary/aromatic N) is 2. The van der Waals surface area contributed by atoms with Gasteiger partial charge in [0.1, 0.15) is 0 Å². The molecule has 0 spiro atoms. The number of hydrogen-bond donors (Lipinski definition) is 1. The number of carbonyl (C=O) groups is 2. The molecule has 3 aromatic carbocycles. The van der Waals surface area contributed by atoms with Gasteiger partial charge in [-0.2, -0.15) is 0 Å². The quantitative estimate of drug-likeness (QED) is 0.500. The zero-order valence-electron chi connectivity index (χ0n) is 21.0. The maximum atomic E-state index is 12.9. The van der Waals surface area contributed by atoms with Crippen molar-refractivity contribution >= 4 is 17.5 Å². The monoisotopic (exact) mass is 514 g/mol. The molecule has 3 atom stereocenters. The fraction of sp³-hybridized carbons (Fsp3) is 0.333. The van der Waals surface area contributed by atoms with E-state index in [1.807, 2.05) is 36.4 Å². The zero-order valence-corrected chi connectivity index (χ0v) is 21.0. The molecule has 8 nitrogen and oxygen atoms in total. The number of fused-ring (bicyclic) bond motifs is 1. The minimum Gasteiger partial charge on any atom is -0.392 e. The summed E-state index contributed by atoms with van der Waals surface area (Å²) in [6, 6.07) is 21.9. The molecule has 0 aromatic heterocycles. The van der Waals surface area contributed by atoms with Crippen LogP contribution in [0.25, 0.3) is 0 Å². The van der Waals surface area contributed by atoms with E-state index in [4.69, 9.17) is 14.2 Å². The predicted molar refractivity (Wildman–Crippen MR) is 140 cm³/mol. The summed E-state index contributed by atoms with van der Waals surface area (Å²) in [5.74, 6) is -0.638. The van der Waals surface area contributed by atoms with Crippen molar-refractivity contribution in [2.75, 3.05) is 37.7 Å². The van der Waals surface area contributed by atoms with E-state index in [0.717, 1.165) is 49.5 Å². The SMILES string of the molecule is O=C1c2ccccc2C(=O)N1c1ccc([C@@H]2O[C@H](CN3CCOCC3)C[C@H](c3ccc(CO)cc3)O2)cc1. The van der Waals surface area contributed by atoms with Crippen molar-refractivity contribution in [2.24, 2.45) is 0 Å². The van der Waals surface area contributed by atoms with Gasteiger partial charge in [-0.05, 0) is 35.4 Å². The second kappa shape index (κ2) is 10.8. The van der Waals surface area contributed by atoms with Crippen LogP contribution in [0.3, 0.4) is 0 Å². The van der Waals surface area contributed by atoms with E-state index < -0.39 is 6.29 Å². The molecule has 3 aliphatic heterocycles. The summed E-state index contributed by atoms with van der Waals surface area (Å²) in [4.78, 5) is 29.4. The number of amides is 2. The van der Waals surface area contributed by atoms with Crippen molar-refractivity contribution in [2.45, 2.75) is 31.5 Å². The average molecular weight is 515 g/mol. The van der Waals surface area contributed by atoms with Crippen molar-refractivity contribution in [3.8, 4) is 0 Å². The Hall–Kier alpha value is -3.40. The highest BCUT2D eigenvalue weighted by molar-refractivity contribution is 6.34. The molecule has 38 heavy (non-hydrogen) atoms. The van der Waals surface area contributed by atoms with Crippen LogP contribution >= 0.6 is 0 Å². The summed E-state index contributed by atoms with van der Waals surface area (Å²) in [6.07, 6.45) is -0.123. The van der Waals surface area contributed by atoms with Gasteiger partial charge in [-0.1, -0.05) is 48.5 Å². The maximum Gasteiger partial charge on any atom is 0.266 e. The van der Waals surface area contributed by atoms with Crippen molar-refractivity contribution in [1.82, 2.24) is 4.90 Å². The first-order chi connectivity index (χ1) is 18.6. The van der Waals surface area contributed by atoms with Crippen LogP contribution in [0.4, 0.5) is 5.69 Å². The lowest BCUT2D eigenvalue weighted by Crippen LogP contribution is -2.44. The second-order valence-electron chi connectivity index (χ2n) is 9.85. The van der Waals surface area contributed by atoms with Crippen molar-refractivity contribution < 1.29 is 28.9 Å². The van der Waals surface area contributed by atoms with E-state index in [9.17, 15) is 14.7 Å². The number of aliphatic hydroxyl groups is 1. The molecule has 2 amide bonds. The number of anilines is 1. The van der Waals surface area contributed by atoms with Crippen LogP contribution in [0, 0.1) is 0 Å². The summed E-state index contributed by atoms with van der Waals surface area (Å²) in [5.41, 5.74) is 4.05. The van der Waals surface area contributed by atoms with Crippen LogP contribution < -0.4 is 4.90 Å². The summed E-state index contributed by atoms with van der Waals surface area (Å²) in [5, 5.41) is 9.43.